The number of aromatic nitrogens is 2. The van der Waals surface area contributed by atoms with Crippen molar-refractivity contribution in [3.63, 3.8) is 0 Å². The van der Waals surface area contributed by atoms with Gasteiger partial charge in [0.2, 0.25) is 5.95 Å². The molecule has 0 saturated carbocycles. The van der Waals surface area contributed by atoms with Crippen LogP contribution in [0.15, 0.2) is 77.8 Å². The minimum Gasteiger partial charge on any atom is -0.369 e. The number of anilines is 5. The lowest BCUT2D eigenvalue weighted by Crippen LogP contribution is -2.08. The molecule has 4 N–H and O–H groups in total. The third-order valence-electron chi connectivity index (χ3n) is 5.63. The van der Waals surface area contributed by atoms with E-state index in [-0.39, 0.29) is 5.69 Å². The van der Waals surface area contributed by atoms with Crippen molar-refractivity contribution in [2.75, 3.05) is 28.2 Å². The number of benzene rings is 3. The normalized spacial score (nSPS) is 15.5. The summed E-state index contributed by atoms with van der Waals surface area (Å²) in [6.07, 6.45) is 3.64. The SMILES string of the molecule is N=S1CCCCNc2nc(ncc2-c2ccc(Nc3cc(F)ccc3F)cc2)Nc2cccc1c2. The molecule has 5 rings (SSSR count). The lowest BCUT2D eigenvalue weighted by molar-refractivity contribution is 0.603. The van der Waals surface area contributed by atoms with Gasteiger partial charge in [0.25, 0.3) is 0 Å². The Morgan fingerprint density at radius 2 is 1.83 bits per heavy atom. The van der Waals surface area contributed by atoms with E-state index in [1.807, 2.05) is 36.4 Å². The minimum absolute atomic E-state index is 0.0795. The van der Waals surface area contributed by atoms with Crippen LogP contribution in [0, 0.1) is 16.4 Å². The van der Waals surface area contributed by atoms with E-state index in [1.165, 1.54) is 0 Å². The summed E-state index contributed by atoms with van der Waals surface area (Å²) in [5.74, 6) is 0.969. The summed E-state index contributed by atoms with van der Waals surface area (Å²) in [6, 6.07) is 18.6. The fraction of sp³-hybridized carbons (Fsp3) is 0.154. The molecular weight excluding hydrogens is 466 g/mol. The van der Waals surface area contributed by atoms with Crippen LogP contribution in [-0.4, -0.2) is 22.3 Å². The topological polar surface area (TPSA) is 85.7 Å². The molecule has 6 nitrogen and oxygen atoms in total. The average molecular weight is 491 g/mol. The van der Waals surface area contributed by atoms with Gasteiger partial charge in [0.15, 0.2) is 0 Å². The van der Waals surface area contributed by atoms with Gasteiger partial charge < -0.3 is 16.0 Å². The molecule has 4 aromatic rings. The molecule has 0 aliphatic carbocycles. The van der Waals surface area contributed by atoms with Gasteiger partial charge in [-0.15, -0.1) is 0 Å². The van der Waals surface area contributed by atoms with Gasteiger partial charge in [-0.05, 0) is 60.9 Å². The highest BCUT2D eigenvalue weighted by Crippen LogP contribution is 2.30. The zero-order chi connectivity index (χ0) is 24.2. The van der Waals surface area contributed by atoms with Crippen molar-refractivity contribution in [3.05, 3.63) is 84.6 Å². The third-order valence-corrected chi connectivity index (χ3v) is 7.15. The van der Waals surface area contributed by atoms with E-state index in [0.29, 0.717) is 17.5 Å². The molecule has 1 aromatic heterocycles. The zero-order valence-corrected chi connectivity index (χ0v) is 19.6. The fourth-order valence-corrected chi connectivity index (χ4v) is 5.06. The standard InChI is InChI=1S/C26H24F2N6S/c27-18-8-11-23(28)24(14-18)32-19-9-6-17(7-10-19)22-16-31-26-33-20-4-3-5-21(15-20)35(29)13-2-1-12-30-25(22)34-26/h3-11,14-16,29,32H,1-2,12-13H2,(H2,30,31,33,34). The molecule has 0 saturated heterocycles. The van der Waals surface area contributed by atoms with E-state index in [1.54, 1.807) is 18.3 Å². The molecule has 0 radical (unpaired) electrons. The number of hydrogen-bond acceptors (Lipinski definition) is 6. The van der Waals surface area contributed by atoms with Gasteiger partial charge in [-0.1, -0.05) is 28.9 Å². The molecule has 4 bridgehead atoms. The van der Waals surface area contributed by atoms with Crippen molar-refractivity contribution >= 4 is 39.5 Å². The van der Waals surface area contributed by atoms with Gasteiger partial charge in [-0.2, -0.15) is 4.98 Å². The quantitative estimate of drug-likeness (QED) is 0.252. The van der Waals surface area contributed by atoms with Crippen LogP contribution in [-0.2, 0) is 10.7 Å². The highest BCUT2D eigenvalue weighted by atomic mass is 32.2. The van der Waals surface area contributed by atoms with E-state index in [9.17, 15) is 8.78 Å². The first-order valence-electron chi connectivity index (χ1n) is 11.3. The summed E-state index contributed by atoms with van der Waals surface area (Å²) in [5, 5.41) is 9.59. The number of nitrogens with zero attached hydrogens (tertiary/aromatic N) is 2. The maximum Gasteiger partial charge on any atom is 0.229 e. The Hall–Kier alpha value is -3.85. The van der Waals surface area contributed by atoms with Crippen molar-refractivity contribution in [3.8, 4) is 11.1 Å². The summed E-state index contributed by atoms with van der Waals surface area (Å²) in [6.45, 7) is 0.733. The third kappa shape index (κ3) is 5.46. The van der Waals surface area contributed by atoms with Crippen LogP contribution in [0.2, 0.25) is 0 Å². The number of fused-ring (bicyclic) bond motifs is 4. The first-order chi connectivity index (χ1) is 17.0. The maximum absolute atomic E-state index is 14.0. The van der Waals surface area contributed by atoms with Crippen molar-refractivity contribution in [1.29, 1.82) is 4.78 Å². The van der Waals surface area contributed by atoms with Gasteiger partial charge in [0.1, 0.15) is 17.5 Å². The lowest BCUT2D eigenvalue weighted by atomic mass is 10.1. The van der Waals surface area contributed by atoms with Crippen molar-refractivity contribution in [2.24, 2.45) is 0 Å². The van der Waals surface area contributed by atoms with E-state index < -0.39 is 22.3 Å². The van der Waals surface area contributed by atoms with Crippen LogP contribution in [0.3, 0.4) is 0 Å². The van der Waals surface area contributed by atoms with Crippen molar-refractivity contribution in [2.45, 2.75) is 17.7 Å². The second kappa shape index (κ2) is 10.2. The maximum atomic E-state index is 14.0. The van der Waals surface area contributed by atoms with E-state index in [0.717, 1.165) is 65.0 Å². The first kappa shape index (κ1) is 22.9. The highest BCUT2D eigenvalue weighted by Gasteiger charge is 2.12. The molecular formula is C26H24F2N6S. The summed E-state index contributed by atoms with van der Waals surface area (Å²) in [4.78, 5) is 10.2. The lowest BCUT2D eigenvalue weighted by Gasteiger charge is -2.14. The molecule has 1 atom stereocenters. The van der Waals surface area contributed by atoms with E-state index >= 15 is 0 Å². The zero-order valence-electron chi connectivity index (χ0n) is 18.8. The van der Waals surface area contributed by atoms with Crippen LogP contribution in [0.4, 0.5) is 37.6 Å². The Balaban J connectivity index is 1.42. The van der Waals surface area contributed by atoms with Gasteiger partial charge in [-0.25, -0.2) is 13.8 Å². The molecule has 3 aromatic carbocycles. The molecule has 1 unspecified atom stereocenters. The van der Waals surface area contributed by atoms with Gasteiger partial charge in [-0.3, -0.25) is 4.78 Å². The fourth-order valence-electron chi connectivity index (χ4n) is 3.82. The first-order valence-corrected chi connectivity index (χ1v) is 12.7. The number of hydrogen-bond donors (Lipinski definition) is 4. The van der Waals surface area contributed by atoms with Crippen LogP contribution >= 0.6 is 0 Å². The largest absolute Gasteiger partial charge is 0.369 e. The second-order valence-electron chi connectivity index (χ2n) is 8.16. The van der Waals surface area contributed by atoms with Crippen LogP contribution in [0.1, 0.15) is 12.8 Å². The van der Waals surface area contributed by atoms with Crippen LogP contribution in [0.5, 0.6) is 0 Å². The number of nitrogens with one attached hydrogen (secondary N) is 4. The predicted octanol–water partition coefficient (Wildman–Crippen LogP) is 6.85. The molecule has 35 heavy (non-hydrogen) atoms. The van der Waals surface area contributed by atoms with Crippen LogP contribution in [0.25, 0.3) is 11.1 Å². The monoisotopic (exact) mass is 490 g/mol. The Kier molecular flexibility index (Phi) is 6.67. The Morgan fingerprint density at radius 1 is 0.971 bits per heavy atom. The Bertz CT molecular complexity index is 1380. The molecule has 0 fully saturated rings. The van der Waals surface area contributed by atoms with E-state index in [4.69, 9.17) is 9.76 Å². The smallest absolute Gasteiger partial charge is 0.229 e. The molecule has 0 amide bonds. The highest BCUT2D eigenvalue weighted by molar-refractivity contribution is 7.86. The predicted molar refractivity (Wildman–Crippen MR) is 138 cm³/mol. The summed E-state index contributed by atoms with van der Waals surface area (Å²) in [7, 11) is -0.552. The van der Waals surface area contributed by atoms with Gasteiger partial charge in [0.05, 0.1) is 5.69 Å². The molecule has 2 heterocycles. The molecule has 178 valence electrons. The molecule has 9 heteroatoms. The second-order valence-corrected chi connectivity index (χ2v) is 9.83. The van der Waals surface area contributed by atoms with Crippen LogP contribution < -0.4 is 16.0 Å². The minimum atomic E-state index is -0.552. The van der Waals surface area contributed by atoms with Gasteiger partial charge in [0, 0.05) is 46.4 Å². The van der Waals surface area contributed by atoms with Crippen molar-refractivity contribution < 1.29 is 8.78 Å². The molecule has 1 aliphatic rings. The van der Waals surface area contributed by atoms with Crippen molar-refractivity contribution in [1.82, 2.24) is 9.97 Å². The summed E-state index contributed by atoms with van der Waals surface area (Å²) >= 11 is 0. The Labute approximate surface area is 204 Å². The van der Waals surface area contributed by atoms with E-state index in [2.05, 4.69) is 20.9 Å². The van der Waals surface area contributed by atoms with Gasteiger partial charge >= 0.3 is 0 Å². The summed E-state index contributed by atoms with van der Waals surface area (Å²) in [5.41, 5.74) is 3.29. The number of halogens is 2. The molecule has 1 aliphatic heterocycles. The number of rotatable bonds is 3. The average Bonchev–Trinajstić information content (AvgIpc) is 2.87. The molecule has 0 spiro atoms. The summed E-state index contributed by atoms with van der Waals surface area (Å²) < 4.78 is 35.9. The Morgan fingerprint density at radius 3 is 2.69 bits per heavy atom.